The maximum absolute atomic E-state index is 13.2. The van der Waals surface area contributed by atoms with Gasteiger partial charge in [-0.25, -0.2) is 0 Å². The van der Waals surface area contributed by atoms with Crippen molar-refractivity contribution in [3.8, 4) is 5.75 Å². The molecule has 0 radical (unpaired) electrons. The van der Waals surface area contributed by atoms with Gasteiger partial charge in [0.25, 0.3) is 5.91 Å². The number of rotatable bonds is 8. The Hall–Kier alpha value is -2.49. The van der Waals surface area contributed by atoms with Crippen LogP contribution in [0, 0.1) is 0 Å². The molecule has 1 aliphatic rings. The van der Waals surface area contributed by atoms with Gasteiger partial charge in [0, 0.05) is 11.7 Å². The van der Waals surface area contributed by atoms with Gasteiger partial charge in [-0.3, -0.25) is 4.79 Å². The first-order chi connectivity index (χ1) is 13.2. The lowest BCUT2D eigenvalue weighted by atomic mass is 10.0. The summed E-state index contributed by atoms with van der Waals surface area (Å²) in [5, 5.41) is 3.56. The number of anilines is 1. The predicted molar refractivity (Wildman–Crippen MR) is 110 cm³/mol. The van der Waals surface area contributed by atoms with E-state index in [0.29, 0.717) is 0 Å². The summed E-state index contributed by atoms with van der Waals surface area (Å²) in [4.78, 5) is 15.1. The highest BCUT2D eigenvalue weighted by Gasteiger charge is 2.35. The van der Waals surface area contributed by atoms with Crippen LogP contribution in [-0.2, 0) is 0 Å². The Bertz CT molecular complexity index is 774. The van der Waals surface area contributed by atoms with E-state index in [1.54, 1.807) is 0 Å². The molecule has 2 atom stereocenters. The number of fused-ring (bicyclic) bond motifs is 1. The van der Waals surface area contributed by atoms with Gasteiger partial charge in [-0.05, 0) is 49.6 Å². The van der Waals surface area contributed by atoms with E-state index in [9.17, 15) is 4.79 Å². The van der Waals surface area contributed by atoms with Crippen molar-refractivity contribution < 1.29 is 9.53 Å². The molecule has 4 nitrogen and oxygen atoms in total. The van der Waals surface area contributed by atoms with Crippen LogP contribution in [0.25, 0.3) is 0 Å². The lowest BCUT2D eigenvalue weighted by Crippen LogP contribution is -2.47. The van der Waals surface area contributed by atoms with Gasteiger partial charge in [0.1, 0.15) is 11.9 Å². The van der Waals surface area contributed by atoms with Gasteiger partial charge in [0.15, 0.2) is 0 Å². The van der Waals surface area contributed by atoms with Crippen LogP contribution < -0.4 is 10.1 Å². The first-order valence-corrected chi connectivity index (χ1v) is 10.1. The van der Waals surface area contributed by atoms with Crippen LogP contribution in [0.2, 0.25) is 0 Å². The lowest BCUT2D eigenvalue weighted by Gasteiger charge is -2.41. The summed E-state index contributed by atoms with van der Waals surface area (Å²) >= 11 is 0. The van der Waals surface area contributed by atoms with Crippen LogP contribution in [0.4, 0.5) is 5.69 Å². The van der Waals surface area contributed by atoms with Crippen LogP contribution in [-0.4, -0.2) is 23.5 Å². The zero-order valence-corrected chi connectivity index (χ0v) is 16.6. The lowest BCUT2D eigenvalue weighted by molar-refractivity contribution is 0.0593. The first-order valence-electron chi connectivity index (χ1n) is 10.1. The molecule has 0 aliphatic carbocycles. The number of hydrogen-bond donors (Lipinski definition) is 1. The molecule has 1 amide bonds. The summed E-state index contributed by atoms with van der Waals surface area (Å²) in [6.45, 7) is 7.13. The van der Waals surface area contributed by atoms with Gasteiger partial charge in [0.05, 0.1) is 12.2 Å². The SMILES string of the molecule is CCCCCOc1cccc(C2Nc3ccccc3C(=O)N2C(C)CC)c1. The summed E-state index contributed by atoms with van der Waals surface area (Å²) in [5.41, 5.74) is 2.67. The van der Waals surface area contributed by atoms with Gasteiger partial charge < -0.3 is 15.0 Å². The fourth-order valence-corrected chi connectivity index (χ4v) is 3.48. The molecule has 0 aromatic heterocycles. The minimum atomic E-state index is -0.193. The van der Waals surface area contributed by atoms with Crippen LogP contribution in [0.3, 0.4) is 0 Å². The molecule has 1 heterocycles. The van der Waals surface area contributed by atoms with Crippen molar-refractivity contribution in [2.75, 3.05) is 11.9 Å². The summed E-state index contributed by atoms with van der Waals surface area (Å²) < 4.78 is 5.93. The van der Waals surface area contributed by atoms with Crippen molar-refractivity contribution in [2.24, 2.45) is 0 Å². The molecule has 3 rings (SSSR count). The van der Waals surface area contributed by atoms with Gasteiger partial charge in [-0.15, -0.1) is 0 Å². The minimum Gasteiger partial charge on any atom is -0.494 e. The zero-order chi connectivity index (χ0) is 19.2. The van der Waals surface area contributed by atoms with E-state index in [1.807, 2.05) is 41.3 Å². The number of benzene rings is 2. The molecule has 27 heavy (non-hydrogen) atoms. The minimum absolute atomic E-state index is 0.0815. The van der Waals surface area contributed by atoms with Crippen molar-refractivity contribution in [1.82, 2.24) is 4.90 Å². The molecular formula is C23H30N2O2. The highest BCUT2D eigenvalue weighted by atomic mass is 16.5. The highest BCUT2D eigenvalue weighted by molar-refractivity contribution is 6.01. The average molecular weight is 367 g/mol. The second-order valence-corrected chi connectivity index (χ2v) is 7.19. The second kappa shape index (κ2) is 8.94. The van der Waals surface area contributed by atoms with E-state index in [1.165, 1.54) is 12.8 Å². The Morgan fingerprint density at radius 2 is 1.93 bits per heavy atom. The molecule has 2 aromatic carbocycles. The largest absolute Gasteiger partial charge is 0.494 e. The van der Waals surface area contributed by atoms with E-state index < -0.39 is 0 Å². The van der Waals surface area contributed by atoms with Crippen molar-refractivity contribution in [3.05, 3.63) is 59.7 Å². The number of nitrogens with one attached hydrogen (secondary N) is 1. The fraction of sp³-hybridized carbons (Fsp3) is 0.435. The van der Waals surface area contributed by atoms with Gasteiger partial charge in [-0.2, -0.15) is 0 Å². The molecule has 2 unspecified atom stereocenters. The molecule has 1 aliphatic heterocycles. The maximum Gasteiger partial charge on any atom is 0.258 e. The van der Waals surface area contributed by atoms with Gasteiger partial charge in [-0.1, -0.05) is 51.0 Å². The monoisotopic (exact) mass is 366 g/mol. The summed E-state index contributed by atoms with van der Waals surface area (Å²) in [6, 6.07) is 16.0. The number of ether oxygens (including phenoxy) is 1. The van der Waals surface area contributed by atoms with E-state index >= 15 is 0 Å². The third-order valence-corrected chi connectivity index (χ3v) is 5.22. The van der Waals surface area contributed by atoms with Crippen LogP contribution >= 0.6 is 0 Å². The number of para-hydroxylation sites is 1. The third kappa shape index (κ3) is 4.26. The van der Waals surface area contributed by atoms with Gasteiger partial charge in [0.2, 0.25) is 0 Å². The molecule has 0 bridgehead atoms. The number of nitrogens with zero attached hydrogens (tertiary/aromatic N) is 1. The molecular weight excluding hydrogens is 336 g/mol. The van der Waals surface area contributed by atoms with Crippen LogP contribution in [0.5, 0.6) is 5.75 Å². The maximum atomic E-state index is 13.2. The number of carbonyl (C=O) groups excluding carboxylic acids is 1. The summed E-state index contributed by atoms with van der Waals surface area (Å²) in [6.07, 6.45) is 4.13. The number of carbonyl (C=O) groups is 1. The van der Waals surface area contributed by atoms with Crippen molar-refractivity contribution >= 4 is 11.6 Å². The predicted octanol–water partition coefficient (Wildman–Crippen LogP) is 5.62. The molecule has 0 fully saturated rings. The molecule has 0 spiro atoms. The third-order valence-electron chi connectivity index (χ3n) is 5.22. The fourth-order valence-electron chi connectivity index (χ4n) is 3.48. The molecule has 2 aromatic rings. The van der Waals surface area contributed by atoms with Crippen molar-refractivity contribution in [3.63, 3.8) is 0 Å². The second-order valence-electron chi connectivity index (χ2n) is 7.19. The first kappa shape index (κ1) is 19.3. The highest BCUT2D eigenvalue weighted by Crippen LogP contribution is 2.35. The van der Waals surface area contributed by atoms with E-state index in [2.05, 4.69) is 38.2 Å². The standard InChI is InChI=1S/C23H30N2O2/c1-4-6-9-15-27-19-12-10-11-18(16-19)22-24-21-14-8-7-13-20(21)23(26)25(22)17(3)5-2/h7-8,10-14,16-17,22,24H,4-6,9,15H2,1-3H3. The molecule has 1 N–H and O–H groups in total. The number of hydrogen-bond acceptors (Lipinski definition) is 3. The quantitative estimate of drug-likeness (QED) is 0.616. The number of unbranched alkanes of at least 4 members (excludes halogenated alkanes) is 2. The van der Waals surface area contributed by atoms with Crippen LogP contribution in [0.1, 0.15) is 68.5 Å². The average Bonchev–Trinajstić information content (AvgIpc) is 2.71. The summed E-state index contributed by atoms with van der Waals surface area (Å²) in [5.74, 6) is 0.943. The Morgan fingerprint density at radius 3 is 2.70 bits per heavy atom. The van der Waals surface area contributed by atoms with E-state index in [4.69, 9.17) is 4.74 Å². The molecule has 144 valence electrons. The van der Waals surface area contributed by atoms with E-state index in [0.717, 1.165) is 42.0 Å². The smallest absolute Gasteiger partial charge is 0.258 e. The van der Waals surface area contributed by atoms with Gasteiger partial charge >= 0.3 is 0 Å². The Kier molecular flexibility index (Phi) is 6.38. The Morgan fingerprint density at radius 1 is 1.11 bits per heavy atom. The number of amides is 1. The topological polar surface area (TPSA) is 41.6 Å². The summed E-state index contributed by atoms with van der Waals surface area (Å²) in [7, 11) is 0. The van der Waals surface area contributed by atoms with Crippen LogP contribution in [0.15, 0.2) is 48.5 Å². The van der Waals surface area contributed by atoms with Crippen molar-refractivity contribution in [1.29, 1.82) is 0 Å². The Labute approximate surface area is 162 Å². The molecule has 0 saturated carbocycles. The van der Waals surface area contributed by atoms with E-state index in [-0.39, 0.29) is 18.1 Å². The molecule has 4 heteroatoms. The zero-order valence-electron chi connectivity index (χ0n) is 16.6. The molecule has 0 saturated heterocycles. The Balaban J connectivity index is 1.88. The normalized spacial score (nSPS) is 17.2. The van der Waals surface area contributed by atoms with Crippen molar-refractivity contribution in [2.45, 2.75) is 58.7 Å².